The molecule has 0 aliphatic carbocycles. The summed E-state index contributed by atoms with van der Waals surface area (Å²) >= 11 is 0.912. The molecule has 2 bridgehead atoms. The third-order valence-corrected chi connectivity index (χ3v) is 7.26. The van der Waals surface area contributed by atoms with Crippen molar-refractivity contribution in [2.75, 3.05) is 19.6 Å². The molecule has 0 radical (unpaired) electrons. The Morgan fingerprint density at radius 3 is 2.62 bits per heavy atom. The summed E-state index contributed by atoms with van der Waals surface area (Å²) in [4.78, 5) is 53.6. The van der Waals surface area contributed by atoms with Crippen LogP contribution in [-0.2, 0) is 16.1 Å². The van der Waals surface area contributed by atoms with Crippen LogP contribution in [-0.4, -0.2) is 51.1 Å². The van der Waals surface area contributed by atoms with Crippen molar-refractivity contribution in [1.29, 1.82) is 0 Å². The second-order valence-corrected chi connectivity index (χ2v) is 9.48. The molecule has 1 aromatic carbocycles. The van der Waals surface area contributed by atoms with E-state index in [9.17, 15) is 19.2 Å². The van der Waals surface area contributed by atoms with Gasteiger partial charge in [0.1, 0.15) is 0 Å². The van der Waals surface area contributed by atoms with Gasteiger partial charge in [-0.15, -0.1) is 0 Å². The van der Waals surface area contributed by atoms with Crippen LogP contribution in [0.3, 0.4) is 0 Å². The van der Waals surface area contributed by atoms with Crippen molar-refractivity contribution in [3.8, 4) is 0 Å². The van der Waals surface area contributed by atoms with Gasteiger partial charge in [0.25, 0.3) is 16.7 Å². The molecule has 1 aromatic heterocycles. The van der Waals surface area contributed by atoms with Gasteiger partial charge >= 0.3 is 0 Å². The maximum absolute atomic E-state index is 12.9. The molecule has 8 heteroatoms. The number of thioether (sulfide) groups is 1. The molecular formula is C24H23N3O4S. The van der Waals surface area contributed by atoms with Crippen LogP contribution in [0.4, 0.5) is 4.79 Å². The standard InChI is InChI=1S/C24H23N3O4S/c28-21(25-13-17-11-18(15-25)19-7-4-8-22(29)27(19)14-17)9-10-26-23(30)20(32-24(26)31)12-16-5-2-1-3-6-16/h1-8,12,17-18H,9-11,13-15H2. The molecule has 2 unspecified atom stereocenters. The van der Waals surface area contributed by atoms with Crippen LogP contribution in [0.25, 0.3) is 6.08 Å². The number of fused-ring (bicyclic) bond motifs is 4. The summed E-state index contributed by atoms with van der Waals surface area (Å²) in [6.07, 6.45) is 2.79. The van der Waals surface area contributed by atoms with Crippen molar-refractivity contribution in [3.63, 3.8) is 0 Å². The third-order valence-electron chi connectivity index (χ3n) is 6.35. The summed E-state index contributed by atoms with van der Waals surface area (Å²) in [5, 5.41) is -0.339. The van der Waals surface area contributed by atoms with E-state index in [-0.39, 0.29) is 47.4 Å². The van der Waals surface area contributed by atoms with Crippen LogP contribution in [0, 0.1) is 5.92 Å². The fourth-order valence-corrected chi connectivity index (χ4v) is 5.72. The predicted molar refractivity (Wildman–Crippen MR) is 122 cm³/mol. The molecule has 5 rings (SSSR count). The number of aromatic nitrogens is 1. The fraction of sp³-hybridized carbons (Fsp3) is 0.333. The van der Waals surface area contributed by atoms with Crippen molar-refractivity contribution < 1.29 is 14.4 Å². The van der Waals surface area contributed by atoms with Crippen LogP contribution in [0.5, 0.6) is 0 Å². The molecule has 3 amide bonds. The number of benzene rings is 1. The van der Waals surface area contributed by atoms with Gasteiger partial charge in [0.2, 0.25) is 5.91 Å². The minimum absolute atomic E-state index is 0.0138. The zero-order chi connectivity index (χ0) is 22.2. The summed E-state index contributed by atoms with van der Waals surface area (Å²) in [5.41, 5.74) is 1.86. The third kappa shape index (κ3) is 3.90. The van der Waals surface area contributed by atoms with Crippen molar-refractivity contribution in [3.05, 3.63) is 75.0 Å². The number of nitrogens with zero attached hydrogens (tertiary/aromatic N) is 3. The minimum Gasteiger partial charge on any atom is -0.342 e. The Bertz CT molecular complexity index is 1170. The largest absolute Gasteiger partial charge is 0.342 e. The zero-order valence-corrected chi connectivity index (χ0v) is 18.3. The maximum atomic E-state index is 12.9. The molecule has 2 atom stereocenters. The first-order valence-electron chi connectivity index (χ1n) is 10.8. The Morgan fingerprint density at radius 2 is 1.81 bits per heavy atom. The fourth-order valence-electron chi connectivity index (χ4n) is 4.86. The van der Waals surface area contributed by atoms with E-state index in [4.69, 9.17) is 0 Å². The first-order chi connectivity index (χ1) is 15.5. The van der Waals surface area contributed by atoms with Crippen LogP contribution < -0.4 is 5.56 Å². The Kier molecular flexibility index (Phi) is 5.46. The molecule has 0 spiro atoms. The molecular weight excluding hydrogens is 426 g/mol. The van der Waals surface area contributed by atoms with Crippen LogP contribution in [0.1, 0.15) is 30.0 Å². The highest BCUT2D eigenvalue weighted by Gasteiger charge is 2.38. The van der Waals surface area contributed by atoms with Crippen molar-refractivity contribution in [2.45, 2.75) is 25.3 Å². The highest BCUT2D eigenvalue weighted by atomic mass is 32.2. The Balaban J connectivity index is 1.23. The van der Waals surface area contributed by atoms with Gasteiger partial charge in [-0.1, -0.05) is 36.4 Å². The molecule has 164 valence electrons. The molecule has 32 heavy (non-hydrogen) atoms. The molecule has 2 fully saturated rings. The molecule has 3 aliphatic heterocycles. The Morgan fingerprint density at radius 1 is 1.00 bits per heavy atom. The van der Waals surface area contributed by atoms with Crippen LogP contribution in [0.15, 0.2) is 58.2 Å². The number of carbonyl (C=O) groups is 3. The van der Waals surface area contributed by atoms with Crippen molar-refractivity contribution in [1.82, 2.24) is 14.4 Å². The zero-order valence-electron chi connectivity index (χ0n) is 17.5. The average Bonchev–Trinajstić information content (AvgIpc) is 3.05. The molecule has 3 aliphatic rings. The lowest BCUT2D eigenvalue weighted by molar-refractivity contribution is -0.134. The van der Waals surface area contributed by atoms with Crippen molar-refractivity contribution >= 4 is 34.9 Å². The monoisotopic (exact) mass is 449 g/mol. The van der Waals surface area contributed by atoms with Gasteiger partial charge in [0.05, 0.1) is 4.91 Å². The number of piperidine rings is 1. The van der Waals surface area contributed by atoms with Gasteiger partial charge in [-0.3, -0.25) is 24.1 Å². The average molecular weight is 450 g/mol. The number of imide groups is 1. The first-order valence-corrected chi connectivity index (χ1v) is 11.6. The summed E-state index contributed by atoms with van der Waals surface area (Å²) in [7, 11) is 0. The van der Waals surface area contributed by atoms with Gasteiger partial charge in [0.15, 0.2) is 0 Å². The van der Waals surface area contributed by atoms with Gasteiger partial charge in [0, 0.05) is 50.3 Å². The molecule has 0 saturated carbocycles. The molecule has 7 nitrogen and oxygen atoms in total. The summed E-state index contributed by atoms with van der Waals surface area (Å²) in [6.45, 7) is 1.88. The first kappa shape index (κ1) is 20.8. The van der Waals surface area contributed by atoms with E-state index in [1.165, 1.54) is 0 Å². The van der Waals surface area contributed by atoms with E-state index >= 15 is 0 Å². The highest BCUT2D eigenvalue weighted by molar-refractivity contribution is 8.18. The maximum Gasteiger partial charge on any atom is 0.293 e. The quantitative estimate of drug-likeness (QED) is 0.671. The molecule has 2 aromatic rings. The number of rotatable bonds is 4. The predicted octanol–water partition coefficient (Wildman–Crippen LogP) is 2.92. The SMILES string of the molecule is O=C(CCN1C(=O)SC(=Cc2ccccc2)C1=O)N1CC2CC(C1)c1cccc(=O)n1C2. The lowest BCUT2D eigenvalue weighted by Gasteiger charge is -2.42. The van der Waals surface area contributed by atoms with E-state index in [0.717, 1.165) is 34.3 Å². The smallest absolute Gasteiger partial charge is 0.293 e. The Hall–Kier alpha value is -3.13. The minimum atomic E-state index is -0.347. The Labute approximate surface area is 189 Å². The second kappa shape index (κ2) is 8.43. The summed E-state index contributed by atoms with van der Waals surface area (Å²) < 4.78 is 1.83. The lowest BCUT2D eigenvalue weighted by atomic mass is 9.83. The molecule has 2 saturated heterocycles. The van der Waals surface area contributed by atoms with E-state index in [1.807, 2.05) is 45.9 Å². The number of pyridine rings is 1. The van der Waals surface area contributed by atoms with E-state index in [2.05, 4.69) is 0 Å². The van der Waals surface area contributed by atoms with Crippen LogP contribution >= 0.6 is 11.8 Å². The number of amides is 3. The van der Waals surface area contributed by atoms with Gasteiger partial charge < -0.3 is 9.47 Å². The molecule has 4 heterocycles. The van der Waals surface area contributed by atoms with E-state index in [0.29, 0.717) is 24.5 Å². The van der Waals surface area contributed by atoms with Gasteiger partial charge in [-0.2, -0.15) is 0 Å². The number of hydrogen-bond acceptors (Lipinski definition) is 5. The summed E-state index contributed by atoms with van der Waals surface area (Å²) in [5.74, 6) is -0.0133. The van der Waals surface area contributed by atoms with E-state index < -0.39 is 0 Å². The van der Waals surface area contributed by atoms with Gasteiger partial charge in [-0.05, 0) is 41.8 Å². The highest BCUT2D eigenvalue weighted by Crippen LogP contribution is 2.36. The second-order valence-electron chi connectivity index (χ2n) is 8.49. The molecule has 0 N–H and O–H groups in total. The van der Waals surface area contributed by atoms with Gasteiger partial charge in [-0.25, -0.2) is 0 Å². The normalized spacial score (nSPS) is 23.6. The number of hydrogen-bond donors (Lipinski definition) is 0. The van der Waals surface area contributed by atoms with Crippen LogP contribution in [0.2, 0.25) is 0 Å². The number of likely N-dealkylation sites (tertiary alicyclic amines) is 1. The topological polar surface area (TPSA) is 79.7 Å². The summed E-state index contributed by atoms with van der Waals surface area (Å²) in [6, 6.07) is 14.7. The van der Waals surface area contributed by atoms with E-state index in [1.54, 1.807) is 18.2 Å². The number of carbonyl (C=O) groups excluding carboxylic acids is 3. The lowest BCUT2D eigenvalue weighted by Crippen LogP contribution is -2.49. The van der Waals surface area contributed by atoms with Crippen molar-refractivity contribution in [2.24, 2.45) is 5.92 Å².